The summed E-state index contributed by atoms with van der Waals surface area (Å²) in [5.41, 5.74) is 5.43. The van der Waals surface area contributed by atoms with Crippen LogP contribution in [0.5, 0.6) is 0 Å². The van der Waals surface area contributed by atoms with Crippen molar-refractivity contribution in [1.82, 2.24) is 15.8 Å². The molecule has 1 heterocycles. The summed E-state index contributed by atoms with van der Waals surface area (Å²) in [4.78, 5) is 27.6. The Hall–Kier alpha value is -2.76. The number of carbonyl (C=O) groups is 2. The largest absolute Gasteiger partial charge is 0.288 e. The van der Waals surface area contributed by atoms with Gasteiger partial charge in [0.05, 0.1) is 0 Å². The smallest absolute Gasteiger partial charge is 0.273 e. The van der Waals surface area contributed by atoms with Crippen molar-refractivity contribution in [2.45, 2.75) is 12.3 Å². The standard InChI is InChI=1S/C16H14FN3O2/c17-13-6-2-1-5-10(13)11-9-12(11)15(21)19-20-16(22)14-7-3-4-8-18-14/h1-8,11-12H,9H2,(H,19,21)(H,20,22)/t11-,12+/m0/s1. The molecule has 0 aliphatic heterocycles. The van der Waals surface area contributed by atoms with E-state index < -0.39 is 5.91 Å². The SMILES string of the molecule is O=C(NNC(=O)[C@@H]1C[C@H]1c1ccccc1F)c1ccccn1. The number of carbonyl (C=O) groups excluding carboxylic acids is 2. The maximum atomic E-state index is 13.6. The first-order chi connectivity index (χ1) is 10.7. The van der Waals surface area contributed by atoms with Crippen LogP contribution in [0.15, 0.2) is 48.7 Å². The first-order valence-electron chi connectivity index (χ1n) is 6.92. The number of halogens is 1. The van der Waals surface area contributed by atoms with Gasteiger partial charge in [-0.15, -0.1) is 0 Å². The number of nitrogens with one attached hydrogen (secondary N) is 2. The molecule has 1 aliphatic carbocycles. The normalized spacial score (nSPS) is 19.3. The van der Waals surface area contributed by atoms with Gasteiger partial charge in [-0.25, -0.2) is 4.39 Å². The van der Waals surface area contributed by atoms with Crippen LogP contribution in [0, 0.1) is 11.7 Å². The quantitative estimate of drug-likeness (QED) is 0.849. The second-order valence-electron chi connectivity index (χ2n) is 5.13. The van der Waals surface area contributed by atoms with E-state index >= 15 is 0 Å². The second kappa shape index (κ2) is 5.93. The molecule has 2 amide bonds. The highest BCUT2D eigenvalue weighted by molar-refractivity contribution is 5.94. The Bertz CT molecular complexity index is 706. The molecule has 0 bridgehead atoms. The highest BCUT2D eigenvalue weighted by atomic mass is 19.1. The van der Waals surface area contributed by atoms with Crippen LogP contribution in [0.1, 0.15) is 28.4 Å². The molecule has 0 saturated heterocycles. The minimum Gasteiger partial charge on any atom is -0.273 e. The van der Waals surface area contributed by atoms with Crippen molar-refractivity contribution in [3.63, 3.8) is 0 Å². The summed E-state index contributed by atoms with van der Waals surface area (Å²) < 4.78 is 13.6. The van der Waals surface area contributed by atoms with Gasteiger partial charge in [0.1, 0.15) is 11.5 Å². The van der Waals surface area contributed by atoms with Crippen molar-refractivity contribution in [3.05, 3.63) is 65.7 Å². The van der Waals surface area contributed by atoms with Crippen LogP contribution in [0.2, 0.25) is 0 Å². The average molecular weight is 299 g/mol. The summed E-state index contributed by atoms with van der Waals surface area (Å²) in [7, 11) is 0. The molecule has 5 nitrogen and oxygen atoms in total. The van der Waals surface area contributed by atoms with Gasteiger partial charge in [-0.05, 0) is 36.1 Å². The van der Waals surface area contributed by atoms with E-state index in [1.807, 2.05) is 0 Å². The number of hydrogen-bond donors (Lipinski definition) is 2. The van der Waals surface area contributed by atoms with Crippen molar-refractivity contribution in [2.24, 2.45) is 5.92 Å². The average Bonchev–Trinajstić information content (AvgIpc) is 3.34. The summed E-state index contributed by atoms with van der Waals surface area (Å²) in [5.74, 6) is -1.57. The molecule has 1 saturated carbocycles. The summed E-state index contributed by atoms with van der Waals surface area (Å²) in [6.45, 7) is 0. The first kappa shape index (κ1) is 14.2. The van der Waals surface area contributed by atoms with Gasteiger partial charge in [0.15, 0.2) is 0 Å². The summed E-state index contributed by atoms with van der Waals surface area (Å²) in [6, 6.07) is 11.3. The van der Waals surface area contributed by atoms with Gasteiger partial charge in [0.2, 0.25) is 5.91 Å². The van der Waals surface area contributed by atoms with E-state index in [2.05, 4.69) is 15.8 Å². The Morgan fingerprint density at radius 1 is 1.09 bits per heavy atom. The molecule has 6 heteroatoms. The van der Waals surface area contributed by atoms with Crippen LogP contribution < -0.4 is 10.9 Å². The van der Waals surface area contributed by atoms with E-state index in [1.54, 1.807) is 36.4 Å². The number of aromatic nitrogens is 1. The van der Waals surface area contributed by atoms with Gasteiger partial charge in [-0.2, -0.15) is 0 Å². The molecule has 0 unspecified atom stereocenters. The maximum Gasteiger partial charge on any atom is 0.288 e. The zero-order chi connectivity index (χ0) is 15.5. The molecule has 22 heavy (non-hydrogen) atoms. The van der Waals surface area contributed by atoms with Gasteiger partial charge in [-0.1, -0.05) is 24.3 Å². The molecule has 112 valence electrons. The van der Waals surface area contributed by atoms with E-state index in [-0.39, 0.29) is 29.3 Å². The van der Waals surface area contributed by atoms with E-state index in [0.29, 0.717) is 12.0 Å². The van der Waals surface area contributed by atoms with Gasteiger partial charge >= 0.3 is 0 Å². The molecular weight excluding hydrogens is 285 g/mol. The minimum atomic E-state index is -0.489. The van der Waals surface area contributed by atoms with E-state index in [9.17, 15) is 14.0 Å². The number of amides is 2. The van der Waals surface area contributed by atoms with Crippen molar-refractivity contribution in [1.29, 1.82) is 0 Å². The molecule has 2 atom stereocenters. The van der Waals surface area contributed by atoms with E-state index in [4.69, 9.17) is 0 Å². The second-order valence-corrected chi connectivity index (χ2v) is 5.13. The van der Waals surface area contributed by atoms with Gasteiger partial charge in [-0.3, -0.25) is 25.4 Å². The lowest BCUT2D eigenvalue weighted by molar-refractivity contribution is -0.123. The molecule has 1 aromatic carbocycles. The lowest BCUT2D eigenvalue weighted by Gasteiger charge is -2.07. The molecule has 1 aromatic heterocycles. The zero-order valence-electron chi connectivity index (χ0n) is 11.6. The molecule has 0 radical (unpaired) electrons. The van der Waals surface area contributed by atoms with Crippen LogP contribution in [-0.2, 0) is 4.79 Å². The number of hydrogen-bond acceptors (Lipinski definition) is 3. The van der Waals surface area contributed by atoms with E-state index in [1.165, 1.54) is 12.3 Å². The fourth-order valence-corrected chi connectivity index (χ4v) is 2.38. The van der Waals surface area contributed by atoms with Crippen LogP contribution in [0.4, 0.5) is 4.39 Å². The monoisotopic (exact) mass is 299 g/mol. The number of benzene rings is 1. The molecule has 1 aliphatic rings. The van der Waals surface area contributed by atoms with Crippen LogP contribution in [-0.4, -0.2) is 16.8 Å². The molecule has 0 spiro atoms. The maximum absolute atomic E-state index is 13.6. The van der Waals surface area contributed by atoms with Crippen molar-refractivity contribution < 1.29 is 14.0 Å². The van der Waals surface area contributed by atoms with Crippen LogP contribution in [0.3, 0.4) is 0 Å². The van der Waals surface area contributed by atoms with Gasteiger partial charge in [0.25, 0.3) is 5.91 Å². The third-order valence-electron chi connectivity index (χ3n) is 3.63. The van der Waals surface area contributed by atoms with Crippen molar-refractivity contribution >= 4 is 11.8 Å². The Morgan fingerprint density at radius 3 is 2.59 bits per heavy atom. The molecule has 2 aromatic rings. The Kier molecular flexibility index (Phi) is 3.82. The summed E-state index contributed by atoms with van der Waals surface area (Å²) in [6.07, 6.45) is 2.07. The lowest BCUT2D eigenvalue weighted by Crippen LogP contribution is -2.42. The number of hydrazine groups is 1. The van der Waals surface area contributed by atoms with Crippen molar-refractivity contribution in [2.75, 3.05) is 0 Å². The summed E-state index contributed by atoms with van der Waals surface area (Å²) in [5, 5.41) is 0. The molecule has 1 fully saturated rings. The Balaban J connectivity index is 1.54. The van der Waals surface area contributed by atoms with Crippen molar-refractivity contribution in [3.8, 4) is 0 Å². The van der Waals surface area contributed by atoms with Gasteiger partial charge < -0.3 is 0 Å². The third-order valence-corrected chi connectivity index (χ3v) is 3.63. The van der Waals surface area contributed by atoms with E-state index in [0.717, 1.165) is 0 Å². The molecule has 2 N–H and O–H groups in total. The first-order valence-corrected chi connectivity index (χ1v) is 6.92. The predicted octanol–water partition coefficient (Wildman–Crippen LogP) is 1.79. The third kappa shape index (κ3) is 2.95. The van der Waals surface area contributed by atoms with Crippen LogP contribution >= 0.6 is 0 Å². The topological polar surface area (TPSA) is 71.1 Å². The predicted molar refractivity (Wildman–Crippen MR) is 77.1 cm³/mol. The Morgan fingerprint density at radius 2 is 1.86 bits per heavy atom. The molecule has 3 rings (SSSR count). The fourth-order valence-electron chi connectivity index (χ4n) is 2.38. The highest BCUT2D eigenvalue weighted by Crippen LogP contribution is 2.48. The Labute approximate surface area is 126 Å². The number of nitrogens with zero attached hydrogens (tertiary/aromatic N) is 1. The number of rotatable bonds is 3. The lowest BCUT2D eigenvalue weighted by atomic mass is 10.1. The highest BCUT2D eigenvalue weighted by Gasteiger charge is 2.45. The fraction of sp³-hybridized carbons (Fsp3) is 0.188. The summed E-state index contributed by atoms with van der Waals surface area (Å²) >= 11 is 0. The minimum absolute atomic E-state index is 0.132. The molecular formula is C16H14FN3O2. The number of pyridine rings is 1. The zero-order valence-corrected chi connectivity index (χ0v) is 11.6. The van der Waals surface area contributed by atoms with Crippen LogP contribution in [0.25, 0.3) is 0 Å². The van der Waals surface area contributed by atoms with Gasteiger partial charge in [0, 0.05) is 12.1 Å².